The Morgan fingerprint density at radius 1 is 1.16 bits per heavy atom. The molecule has 3 aromatic heterocycles. The van der Waals surface area contributed by atoms with E-state index in [0.717, 1.165) is 16.9 Å². The van der Waals surface area contributed by atoms with Gasteiger partial charge in [-0.1, -0.05) is 30.3 Å². The van der Waals surface area contributed by atoms with E-state index in [1.54, 1.807) is 28.1 Å². The van der Waals surface area contributed by atoms with Gasteiger partial charge < -0.3 is 10.1 Å². The van der Waals surface area contributed by atoms with Gasteiger partial charge in [0.05, 0.1) is 5.69 Å². The number of nitrogens with one attached hydrogen (secondary N) is 1. The third-order valence-corrected chi connectivity index (χ3v) is 4.84. The van der Waals surface area contributed by atoms with Crippen LogP contribution in [0.5, 0.6) is 5.88 Å². The lowest BCUT2D eigenvalue weighted by molar-refractivity contribution is -0.120. The molecule has 25 heavy (non-hydrogen) atoms. The number of hydrogen-bond donors (Lipinski definition) is 1. The van der Waals surface area contributed by atoms with Crippen LogP contribution in [-0.4, -0.2) is 15.9 Å². The maximum Gasteiger partial charge on any atom is 0.299 e. The minimum absolute atomic E-state index is 0.426. The van der Waals surface area contributed by atoms with E-state index in [2.05, 4.69) is 52.1 Å². The molecular weight excluding hydrogens is 334 g/mol. The molecule has 3 heterocycles. The summed E-state index contributed by atoms with van der Waals surface area (Å²) in [7, 11) is 0. The fourth-order valence-electron chi connectivity index (χ4n) is 2.70. The third-order valence-electron chi connectivity index (χ3n) is 3.92. The van der Waals surface area contributed by atoms with E-state index in [-0.39, 0.29) is 0 Å². The molecule has 0 aliphatic heterocycles. The minimum Gasteiger partial charge on any atom is -0.409 e. The van der Waals surface area contributed by atoms with Crippen LogP contribution in [0.2, 0.25) is 0 Å². The Labute approximate surface area is 148 Å². The normalized spacial score (nSPS) is 10.7. The predicted octanol–water partition coefficient (Wildman–Crippen LogP) is 4.21. The van der Waals surface area contributed by atoms with Gasteiger partial charge in [0.15, 0.2) is 0 Å². The van der Waals surface area contributed by atoms with E-state index in [0.29, 0.717) is 18.9 Å². The van der Waals surface area contributed by atoms with E-state index in [9.17, 15) is 4.79 Å². The number of carbonyl (C=O) groups excluding carboxylic acids is 1. The average molecular weight is 349 g/mol. The Kier molecular flexibility index (Phi) is 4.18. The molecular formula is C19H15N3O2S. The van der Waals surface area contributed by atoms with Crippen molar-refractivity contribution in [3.8, 4) is 16.3 Å². The second kappa shape index (κ2) is 6.78. The Balaban J connectivity index is 1.54. The van der Waals surface area contributed by atoms with Gasteiger partial charge in [0.2, 0.25) is 5.88 Å². The molecule has 0 bridgehead atoms. The number of benzene rings is 1. The van der Waals surface area contributed by atoms with Gasteiger partial charge in [-0.2, -0.15) is 0 Å². The van der Waals surface area contributed by atoms with E-state index >= 15 is 0 Å². The van der Waals surface area contributed by atoms with Gasteiger partial charge in [-0.3, -0.25) is 9.20 Å². The number of imidazole rings is 1. The number of rotatable bonds is 6. The van der Waals surface area contributed by atoms with Crippen LogP contribution >= 0.6 is 11.3 Å². The van der Waals surface area contributed by atoms with Crippen LogP contribution in [0.4, 0.5) is 5.69 Å². The maximum atomic E-state index is 10.8. The largest absolute Gasteiger partial charge is 0.409 e. The van der Waals surface area contributed by atoms with Crippen molar-refractivity contribution in [2.75, 3.05) is 5.32 Å². The van der Waals surface area contributed by atoms with Gasteiger partial charge in [0.1, 0.15) is 5.65 Å². The highest BCUT2D eigenvalue weighted by Crippen LogP contribution is 2.27. The van der Waals surface area contributed by atoms with Crippen LogP contribution in [0, 0.1) is 0 Å². The quantitative estimate of drug-likeness (QED) is 0.530. The van der Waals surface area contributed by atoms with Crippen LogP contribution in [-0.2, 0) is 11.3 Å². The van der Waals surface area contributed by atoms with Crippen molar-refractivity contribution in [3.05, 3.63) is 71.9 Å². The first-order valence-electron chi connectivity index (χ1n) is 7.78. The summed E-state index contributed by atoms with van der Waals surface area (Å²) in [5.74, 6) is 0.431. The number of fused-ring (bicyclic) bond motifs is 1. The van der Waals surface area contributed by atoms with E-state index in [4.69, 9.17) is 4.74 Å². The molecule has 6 heteroatoms. The highest BCUT2D eigenvalue weighted by Gasteiger charge is 2.09. The Morgan fingerprint density at radius 2 is 2.04 bits per heavy atom. The fourth-order valence-corrected chi connectivity index (χ4v) is 3.43. The first-order valence-corrected chi connectivity index (χ1v) is 8.66. The lowest BCUT2D eigenvalue weighted by atomic mass is 10.1. The van der Waals surface area contributed by atoms with Crippen LogP contribution in [0.15, 0.2) is 66.3 Å². The standard InChI is InChI=1S/C19H15N3O2S/c23-13-24-19-16(7-8-18-20-9-10-22(18)19)21-12-14-3-5-15(6-4-14)17-2-1-11-25-17/h1-11,13,21H,12H2. The highest BCUT2D eigenvalue weighted by atomic mass is 32.1. The number of carbonyl (C=O) groups is 1. The Bertz CT molecular complexity index is 991. The summed E-state index contributed by atoms with van der Waals surface area (Å²) in [5, 5.41) is 5.40. The van der Waals surface area contributed by atoms with Gasteiger partial charge >= 0.3 is 0 Å². The zero-order valence-electron chi connectivity index (χ0n) is 13.3. The highest BCUT2D eigenvalue weighted by molar-refractivity contribution is 7.13. The number of hydrogen-bond acceptors (Lipinski definition) is 5. The van der Waals surface area contributed by atoms with Gasteiger partial charge in [0, 0.05) is 23.8 Å². The van der Waals surface area contributed by atoms with Gasteiger partial charge in [-0.25, -0.2) is 4.98 Å². The Morgan fingerprint density at radius 3 is 2.80 bits per heavy atom. The van der Waals surface area contributed by atoms with E-state index in [1.807, 2.05) is 12.1 Å². The van der Waals surface area contributed by atoms with Crippen molar-refractivity contribution < 1.29 is 9.53 Å². The number of nitrogens with zero attached hydrogens (tertiary/aromatic N) is 2. The molecule has 1 aromatic carbocycles. The first-order chi connectivity index (χ1) is 12.3. The van der Waals surface area contributed by atoms with Crippen LogP contribution in [0.25, 0.3) is 16.1 Å². The second-order valence-corrected chi connectivity index (χ2v) is 6.40. The molecule has 4 rings (SSSR count). The summed E-state index contributed by atoms with van der Waals surface area (Å²) in [4.78, 5) is 16.3. The van der Waals surface area contributed by atoms with Gasteiger partial charge in [-0.05, 0) is 34.7 Å². The lowest BCUT2D eigenvalue weighted by Crippen LogP contribution is -2.05. The van der Waals surface area contributed by atoms with Crippen molar-refractivity contribution in [1.82, 2.24) is 9.38 Å². The molecule has 0 saturated heterocycles. The van der Waals surface area contributed by atoms with Crippen LogP contribution < -0.4 is 10.1 Å². The molecule has 0 atom stereocenters. The van der Waals surface area contributed by atoms with Gasteiger partial charge in [-0.15, -0.1) is 11.3 Å². The summed E-state index contributed by atoms with van der Waals surface area (Å²) in [6.07, 6.45) is 3.43. The topological polar surface area (TPSA) is 55.6 Å². The second-order valence-electron chi connectivity index (χ2n) is 5.45. The lowest BCUT2D eigenvalue weighted by Gasteiger charge is -2.12. The zero-order chi connectivity index (χ0) is 17.1. The molecule has 0 aliphatic rings. The minimum atomic E-state index is 0.426. The molecule has 0 unspecified atom stereocenters. The fraction of sp³-hybridized carbons (Fsp3) is 0.0526. The molecule has 0 radical (unpaired) electrons. The summed E-state index contributed by atoms with van der Waals surface area (Å²) >= 11 is 1.73. The molecule has 5 nitrogen and oxygen atoms in total. The SMILES string of the molecule is O=COc1c(NCc2ccc(-c3cccs3)cc2)ccc2nccn12. The zero-order valence-corrected chi connectivity index (χ0v) is 14.1. The monoisotopic (exact) mass is 349 g/mol. The van der Waals surface area contributed by atoms with Crippen LogP contribution in [0.1, 0.15) is 5.56 Å². The predicted molar refractivity (Wildman–Crippen MR) is 99.0 cm³/mol. The van der Waals surface area contributed by atoms with E-state index < -0.39 is 0 Å². The molecule has 0 amide bonds. The van der Waals surface area contributed by atoms with Crippen molar-refractivity contribution in [2.24, 2.45) is 0 Å². The number of aromatic nitrogens is 2. The smallest absolute Gasteiger partial charge is 0.299 e. The summed E-state index contributed by atoms with van der Waals surface area (Å²) in [6, 6.07) is 16.3. The van der Waals surface area contributed by atoms with Crippen molar-refractivity contribution in [2.45, 2.75) is 6.54 Å². The summed E-state index contributed by atoms with van der Waals surface area (Å²) in [6.45, 7) is 1.05. The first kappa shape index (κ1) is 15.4. The van der Waals surface area contributed by atoms with Gasteiger partial charge in [0.25, 0.3) is 6.47 Å². The molecule has 0 spiro atoms. The van der Waals surface area contributed by atoms with Crippen molar-refractivity contribution in [1.29, 1.82) is 0 Å². The maximum absolute atomic E-state index is 10.8. The number of thiophene rings is 1. The third kappa shape index (κ3) is 3.12. The summed E-state index contributed by atoms with van der Waals surface area (Å²) < 4.78 is 6.88. The molecule has 0 fully saturated rings. The molecule has 124 valence electrons. The van der Waals surface area contributed by atoms with Crippen molar-refractivity contribution in [3.63, 3.8) is 0 Å². The van der Waals surface area contributed by atoms with E-state index in [1.165, 1.54) is 10.4 Å². The number of anilines is 1. The number of pyridine rings is 1. The number of ether oxygens (including phenoxy) is 1. The molecule has 1 N–H and O–H groups in total. The average Bonchev–Trinajstić information content (AvgIpc) is 3.33. The molecule has 4 aromatic rings. The summed E-state index contributed by atoms with van der Waals surface area (Å²) in [5.41, 5.74) is 3.81. The van der Waals surface area contributed by atoms with Crippen molar-refractivity contribution >= 4 is 29.1 Å². The van der Waals surface area contributed by atoms with Crippen LogP contribution in [0.3, 0.4) is 0 Å². The Hall–Kier alpha value is -3.12. The molecule has 0 aliphatic carbocycles. The molecule has 0 saturated carbocycles.